The van der Waals surface area contributed by atoms with Crippen LogP contribution in [0.5, 0.6) is 5.75 Å². The summed E-state index contributed by atoms with van der Waals surface area (Å²) < 4.78 is 6.20. The number of terminal acetylenes is 1. The maximum Gasteiger partial charge on any atom is 0.415 e. The molecule has 8 rings (SSSR count). The maximum absolute atomic E-state index is 14.1. The molecular weight excluding hydrogens is 679 g/mol. The Hall–Kier alpha value is -4.62. The summed E-state index contributed by atoms with van der Waals surface area (Å²) >= 11 is 0. The zero-order valence-corrected chi connectivity index (χ0v) is 31.9. The summed E-state index contributed by atoms with van der Waals surface area (Å²) in [5.74, 6) is 4.29. The molecule has 0 bridgehead atoms. The first kappa shape index (κ1) is 36.4. The molecule has 0 radical (unpaired) electrons. The Morgan fingerprint density at radius 2 is 1.76 bits per heavy atom. The third kappa shape index (κ3) is 6.00. The number of aromatic nitrogens is 1. The van der Waals surface area contributed by atoms with Gasteiger partial charge in [-0.3, -0.25) is 9.59 Å². The van der Waals surface area contributed by atoms with Gasteiger partial charge in [0.15, 0.2) is 5.75 Å². The number of anilines is 1. The number of pyridine rings is 1. The van der Waals surface area contributed by atoms with Crippen molar-refractivity contribution in [1.29, 1.82) is 0 Å². The fraction of sp³-hybridized carbons (Fsp3) is 0.545. The molecule has 54 heavy (non-hydrogen) atoms. The molecule has 10 nitrogen and oxygen atoms in total. The predicted molar refractivity (Wildman–Crippen MR) is 208 cm³/mol. The Labute approximate surface area is 318 Å². The van der Waals surface area contributed by atoms with Crippen LogP contribution in [0.2, 0.25) is 0 Å². The summed E-state index contributed by atoms with van der Waals surface area (Å²) in [6.45, 7) is 9.93. The van der Waals surface area contributed by atoms with Crippen LogP contribution in [0, 0.1) is 29.6 Å². The highest BCUT2D eigenvalue weighted by Gasteiger charge is 2.61. The third-order valence-electron chi connectivity index (χ3n) is 14.0. The molecule has 3 amide bonds. The van der Waals surface area contributed by atoms with E-state index in [0.717, 1.165) is 55.1 Å². The molecule has 1 N–H and O–H groups in total. The smallest absolute Gasteiger partial charge is 0.408 e. The standard InChI is InChI=1S/C44H53N5O5/c1-5-44(53)21-19-34-32-16-14-30-27-39(54-42(52)46(6-2)7-3)38(28-33(30)31(32)18-20-43(34,44)4)47-23-25-48(26-24-47)41(51)37-13-10-22-49(37)40(50)36-17-15-29-11-8-9-12-35(29)45-36/h1,8-9,11-12,15,17,27-28,31-32,34,37,53H,6-7,10,13-14,16,18-26H2,2-4H3/t31?,32-,34?,37+,43+,44+/m1/s1. The number of ether oxygens (including phenoxy) is 1. The van der Waals surface area contributed by atoms with E-state index >= 15 is 0 Å². The van der Waals surface area contributed by atoms with E-state index in [1.807, 2.05) is 49.1 Å². The number of piperazine rings is 1. The van der Waals surface area contributed by atoms with Crippen LogP contribution >= 0.6 is 0 Å². The van der Waals surface area contributed by atoms with E-state index in [-0.39, 0.29) is 23.3 Å². The monoisotopic (exact) mass is 731 g/mol. The molecule has 2 unspecified atom stereocenters. The number of carbonyl (C=O) groups is 3. The normalized spacial score (nSPS) is 28.9. The van der Waals surface area contributed by atoms with Gasteiger partial charge in [-0.2, -0.15) is 0 Å². The molecule has 10 heteroatoms. The van der Waals surface area contributed by atoms with Crippen molar-refractivity contribution in [2.45, 2.75) is 89.7 Å². The summed E-state index contributed by atoms with van der Waals surface area (Å²) in [5, 5.41) is 12.4. The lowest BCUT2D eigenvalue weighted by Gasteiger charge is -2.52. The molecule has 2 aliphatic heterocycles. The van der Waals surface area contributed by atoms with Gasteiger partial charge in [0.2, 0.25) is 5.91 Å². The Bertz CT molecular complexity index is 2000. The summed E-state index contributed by atoms with van der Waals surface area (Å²) in [6, 6.07) is 15.3. The Morgan fingerprint density at radius 1 is 0.981 bits per heavy atom. The Morgan fingerprint density at radius 3 is 2.52 bits per heavy atom. The van der Waals surface area contributed by atoms with E-state index in [2.05, 4.69) is 34.9 Å². The van der Waals surface area contributed by atoms with E-state index < -0.39 is 11.6 Å². The fourth-order valence-corrected chi connectivity index (χ4v) is 10.8. The molecule has 1 aromatic heterocycles. The summed E-state index contributed by atoms with van der Waals surface area (Å²) in [7, 11) is 0. The van der Waals surface area contributed by atoms with Crippen LogP contribution in [0.4, 0.5) is 10.5 Å². The zero-order valence-electron chi connectivity index (χ0n) is 31.9. The molecule has 4 fully saturated rings. The molecule has 3 heterocycles. The number of aryl methyl sites for hydroxylation is 1. The van der Waals surface area contributed by atoms with Crippen LogP contribution in [-0.4, -0.2) is 100 Å². The number of hydrogen-bond acceptors (Lipinski definition) is 7. The number of aliphatic hydroxyl groups is 1. The van der Waals surface area contributed by atoms with Gasteiger partial charge in [0.25, 0.3) is 5.91 Å². The first-order chi connectivity index (χ1) is 26.1. The van der Waals surface area contributed by atoms with Gasteiger partial charge in [-0.1, -0.05) is 37.1 Å². The molecule has 5 aliphatic rings. The van der Waals surface area contributed by atoms with Crippen molar-refractivity contribution in [1.82, 2.24) is 19.7 Å². The molecule has 3 aromatic rings. The molecule has 284 valence electrons. The Kier molecular flexibility index (Phi) is 9.58. The lowest BCUT2D eigenvalue weighted by molar-refractivity contribution is -0.135. The number of para-hydroxylation sites is 1. The molecule has 2 aromatic carbocycles. The van der Waals surface area contributed by atoms with Crippen LogP contribution in [0.1, 0.15) is 93.3 Å². The SMILES string of the molecule is C#C[C@]1(O)CCC2[C@@H]3CCc4cc(OC(=O)N(CC)CC)c(N5CCN(C(=O)[C@@H]6CCCN6C(=O)c6ccc7ccccc7n6)CC5)cc4C3CC[C@@]21C. The first-order valence-electron chi connectivity index (χ1n) is 20.1. The van der Waals surface area contributed by atoms with Crippen molar-refractivity contribution < 1.29 is 24.2 Å². The fourth-order valence-electron chi connectivity index (χ4n) is 10.8. The average molecular weight is 732 g/mol. The highest BCUT2D eigenvalue weighted by atomic mass is 16.6. The number of hydrogen-bond donors (Lipinski definition) is 1. The predicted octanol–water partition coefficient (Wildman–Crippen LogP) is 6.25. The van der Waals surface area contributed by atoms with E-state index in [0.29, 0.717) is 87.9 Å². The number of rotatable bonds is 6. The van der Waals surface area contributed by atoms with Gasteiger partial charge in [0.1, 0.15) is 17.3 Å². The van der Waals surface area contributed by atoms with Crippen LogP contribution in [0.25, 0.3) is 10.9 Å². The molecular formula is C44H53N5O5. The van der Waals surface area contributed by atoms with Crippen molar-refractivity contribution in [3.05, 3.63) is 65.4 Å². The minimum absolute atomic E-state index is 0.0171. The lowest BCUT2D eigenvalue weighted by Crippen LogP contribution is -2.54. The van der Waals surface area contributed by atoms with Gasteiger partial charge < -0.3 is 29.4 Å². The van der Waals surface area contributed by atoms with Gasteiger partial charge in [-0.25, -0.2) is 9.78 Å². The Balaban J connectivity index is 1.02. The summed E-state index contributed by atoms with van der Waals surface area (Å²) in [6.07, 6.45) is 12.3. The van der Waals surface area contributed by atoms with Gasteiger partial charge in [0.05, 0.1) is 11.2 Å². The maximum atomic E-state index is 14.1. The van der Waals surface area contributed by atoms with Gasteiger partial charge in [-0.05, 0) is 118 Å². The number of nitrogens with zero attached hydrogens (tertiary/aromatic N) is 5. The largest absolute Gasteiger partial charge is 0.415 e. The molecule has 2 saturated heterocycles. The van der Waals surface area contributed by atoms with Crippen LogP contribution in [-0.2, 0) is 11.2 Å². The molecule has 2 saturated carbocycles. The first-order valence-corrected chi connectivity index (χ1v) is 20.1. The van der Waals surface area contributed by atoms with E-state index in [4.69, 9.17) is 11.2 Å². The van der Waals surface area contributed by atoms with Crippen molar-refractivity contribution >= 4 is 34.5 Å². The second-order valence-electron chi connectivity index (χ2n) is 16.3. The van der Waals surface area contributed by atoms with Crippen molar-refractivity contribution in [3.63, 3.8) is 0 Å². The topological polar surface area (TPSA) is 107 Å². The third-order valence-corrected chi connectivity index (χ3v) is 14.0. The van der Waals surface area contributed by atoms with E-state index in [1.165, 1.54) is 11.1 Å². The number of carbonyl (C=O) groups excluding carboxylic acids is 3. The second-order valence-corrected chi connectivity index (χ2v) is 16.3. The van der Waals surface area contributed by atoms with Crippen molar-refractivity contribution in [2.75, 3.05) is 50.7 Å². The van der Waals surface area contributed by atoms with E-state index in [9.17, 15) is 19.5 Å². The number of fused-ring (bicyclic) bond motifs is 6. The van der Waals surface area contributed by atoms with Crippen LogP contribution < -0.4 is 9.64 Å². The summed E-state index contributed by atoms with van der Waals surface area (Å²) in [4.78, 5) is 53.3. The second kappa shape index (κ2) is 14.2. The number of benzene rings is 2. The van der Waals surface area contributed by atoms with Crippen molar-refractivity contribution in [2.24, 2.45) is 17.3 Å². The highest BCUT2D eigenvalue weighted by Crippen LogP contribution is 2.64. The van der Waals surface area contributed by atoms with Crippen LogP contribution in [0.3, 0.4) is 0 Å². The summed E-state index contributed by atoms with van der Waals surface area (Å²) in [5.41, 5.74) is 3.24. The quantitative estimate of drug-likeness (QED) is 0.299. The number of amides is 3. The minimum atomic E-state index is -1.05. The van der Waals surface area contributed by atoms with Crippen LogP contribution in [0.15, 0.2) is 48.5 Å². The average Bonchev–Trinajstić information content (AvgIpc) is 3.80. The van der Waals surface area contributed by atoms with Gasteiger partial charge >= 0.3 is 6.09 Å². The zero-order chi connectivity index (χ0) is 37.8. The molecule has 3 aliphatic carbocycles. The van der Waals surface area contributed by atoms with Crippen molar-refractivity contribution in [3.8, 4) is 18.1 Å². The van der Waals surface area contributed by atoms with E-state index in [1.54, 1.807) is 15.9 Å². The molecule has 6 atom stereocenters. The lowest BCUT2D eigenvalue weighted by atomic mass is 9.53. The number of likely N-dealkylation sites (tertiary alicyclic amines) is 1. The van der Waals surface area contributed by atoms with Gasteiger partial charge in [0, 0.05) is 56.6 Å². The van der Waals surface area contributed by atoms with Gasteiger partial charge in [-0.15, -0.1) is 6.42 Å². The molecule has 0 spiro atoms. The highest BCUT2D eigenvalue weighted by molar-refractivity contribution is 5.98. The minimum Gasteiger partial charge on any atom is -0.408 e.